The number of hydrogen-bond donors (Lipinski definition) is 2. The van der Waals surface area contributed by atoms with Crippen molar-refractivity contribution in [2.24, 2.45) is 5.73 Å². The van der Waals surface area contributed by atoms with Gasteiger partial charge in [-0.05, 0) is 38.5 Å². The molecule has 19 heavy (non-hydrogen) atoms. The summed E-state index contributed by atoms with van der Waals surface area (Å²) >= 11 is 0. The topological polar surface area (TPSA) is 85.8 Å². The molecule has 3 N–H and O–H groups in total. The Morgan fingerprint density at radius 1 is 1.26 bits per heavy atom. The van der Waals surface area contributed by atoms with E-state index in [4.69, 9.17) is 5.73 Å². The molecule has 0 atom stereocenters. The normalized spacial score (nSPS) is 26.6. The average molecular weight is 286 g/mol. The first-order valence-corrected chi connectivity index (χ1v) is 6.70. The zero-order valence-electron chi connectivity index (χ0n) is 10.8. The largest absolute Gasteiger partial charge is 0.348 e. The molecule has 0 radical (unpaired) electrons. The standard InChI is InChI=1S/C12H19N5O.ClH/c13-8-1-3-9(4-2-8)14-12(18)11-7-17(16-15-11)10-5-6-10;/h7-10H,1-6,13H2,(H,14,18);1H/t8-,9-;. The Morgan fingerprint density at radius 3 is 2.58 bits per heavy atom. The number of halogens is 1. The van der Waals surface area contributed by atoms with Crippen LogP contribution in [0.15, 0.2) is 6.20 Å². The van der Waals surface area contributed by atoms with Gasteiger partial charge in [0.1, 0.15) is 0 Å². The lowest BCUT2D eigenvalue weighted by molar-refractivity contribution is 0.0920. The third kappa shape index (κ3) is 3.45. The van der Waals surface area contributed by atoms with E-state index in [1.54, 1.807) is 10.9 Å². The fourth-order valence-corrected chi connectivity index (χ4v) is 2.42. The van der Waals surface area contributed by atoms with Gasteiger partial charge in [-0.25, -0.2) is 4.68 Å². The molecular formula is C12H20ClN5O. The molecular weight excluding hydrogens is 266 g/mol. The molecule has 2 fully saturated rings. The molecule has 0 saturated heterocycles. The van der Waals surface area contributed by atoms with E-state index in [0.717, 1.165) is 38.5 Å². The lowest BCUT2D eigenvalue weighted by Crippen LogP contribution is -2.40. The fraction of sp³-hybridized carbons (Fsp3) is 0.750. The SMILES string of the molecule is Cl.N[C@H]1CC[C@H](NC(=O)c2cn(C3CC3)nn2)CC1. The Bertz CT molecular complexity index is 437. The van der Waals surface area contributed by atoms with E-state index in [1.165, 1.54) is 0 Å². The van der Waals surface area contributed by atoms with Crippen molar-refractivity contribution in [3.05, 3.63) is 11.9 Å². The van der Waals surface area contributed by atoms with Crippen LogP contribution in [0.1, 0.15) is 55.1 Å². The third-order valence-electron chi connectivity index (χ3n) is 3.77. The van der Waals surface area contributed by atoms with E-state index in [1.807, 2.05) is 0 Å². The molecule has 1 aromatic rings. The molecule has 3 rings (SSSR count). The minimum Gasteiger partial charge on any atom is -0.348 e. The zero-order valence-corrected chi connectivity index (χ0v) is 11.6. The Labute approximate surface area is 118 Å². The summed E-state index contributed by atoms with van der Waals surface area (Å²) in [7, 11) is 0. The van der Waals surface area contributed by atoms with Crippen molar-refractivity contribution in [1.29, 1.82) is 0 Å². The molecule has 2 aliphatic rings. The predicted octanol–water partition coefficient (Wildman–Crippen LogP) is 1.03. The lowest BCUT2D eigenvalue weighted by atomic mass is 9.92. The van der Waals surface area contributed by atoms with E-state index in [-0.39, 0.29) is 24.4 Å². The van der Waals surface area contributed by atoms with E-state index < -0.39 is 0 Å². The number of carbonyl (C=O) groups is 1. The summed E-state index contributed by atoms with van der Waals surface area (Å²) in [5, 5.41) is 10.9. The second-order valence-corrected chi connectivity index (χ2v) is 5.40. The fourth-order valence-electron chi connectivity index (χ4n) is 2.42. The van der Waals surface area contributed by atoms with E-state index in [9.17, 15) is 4.79 Å². The number of hydrogen-bond acceptors (Lipinski definition) is 4. The van der Waals surface area contributed by atoms with Gasteiger partial charge >= 0.3 is 0 Å². The molecule has 1 aromatic heterocycles. The van der Waals surface area contributed by atoms with Crippen molar-refractivity contribution in [3.8, 4) is 0 Å². The van der Waals surface area contributed by atoms with Crippen molar-refractivity contribution in [3.63, 3.8) is 0 Å². The summed E-state index contributed by atoms with van der Waals surface area (Å²) in [5.74, 6) is -0.109. The van der Waals surface area contributed by atoms with Crippen LogP contribution >= 0.6 is 12.4 Å². The minimum absolute atomic E-state index is 0. The molecule has 2 saturated carbocycles. The smallest absolute Gasteiger partial charge is 0.273 e. The second-order valence-electron chi connectivity index (χ2n) is 5.40. The number of carbonyl (C=O) groups excluding carboxylic acids is 1. The molecule has 0 bridgehead atoms. The Balaban J connectivity index is 0.00000133. The molecule has 106 valence electrons. The molecule has 6 nitrogen and oxygen atoms in total. The highest BCUT2D eigenvalue weighted by atomic mass is 35.5. The first-order valence-electron chi connectivity index (χ1n) is 6.70. The summed E-state index contributed by atoms with van der Waals surface area (Å²) in [6.07, 6.45) is 7.93. The quantitative estimate of drug-likeness (QED) is 0.869. The Kier molecular flexibility index (Phi) is 4.42. The highest BCUT2D eigenvalue weighted by molar-refractivity contribution is 5.92. The summed E-state index contributed by atoms with van der Waals surface area (Å²) in [6, 6.07) is 1.00. The van der Waals surface area contributed by atoms with Crippen LogP contribution in [0.4, 0.5) is 0 Å². The van der Waals surface area contributed by atoms with Crippen LogP contribution < -0.4 is 11.1 Å². The van der Waals surface area contributed by atoms with Gasteiger partial charge in [-0.3, -0.25) is 4.79 Å². The van der Waals surface area contributed by atoms with E-state index in [0.29, 0.717) is 17.8 Å². The van der Waals surface area contributed by atoms with Gasteiger partial charge in [0.15, 0.2) is 5.69 Å². The van der Waals surface area contributed by atoms with Crippen molar-refractivity contribution in [2.75, 3.05) is 0 Å². The van der Waals surface area contributed by atoms with Crippen LogP contribution in [0.25, 0.3) is 0 Å². The molecule has 7 heteroatoms. The summed E-state index contributed by atoms with van der Waals surface area (Å²) in [6.45, 7) is 0. The van der Waals surface area contributed by atoms with E-state index >= 15 is 0 Å². The Morgan fingerprint density at radius 2 is 1.95 bits per heavy atom. The predicted molar refractivity (Wildman–Crippen MR) is 73.2 cm³/mol. The number of nitrogens with zero attached hydrogens (tertiary/aromatic N) is 3. The number of aromatic nitrogens is 3. The second kappa shape index (κ2) is 5.88. The van der Waals surface area contributed by atoms with Gasteiger partial charge < -0.3 is 11.1 Å². The van der Waals surface area contributed by atoms with Crippen LogP contribution in [-0.4, -0.2) is 33.0 Å². The van der Waals surface area contributed by atoms with Gasteiger partial charge in [-0.1, -0.05) is 5.21 Å². The van der Waals surface area contributed by atoms with Gasteiger partial charge in [-0.15, -0.1) is 17.5 Å². The van der Waals surface area contributed by atoms with Crippen LogP contribution in [0.5, 0.6) is 0 Å². The van der Waals surface area contributed by atoms with Gasteiger partial charge in [0.05, 0.1) is 12.2 Å². The first-order chi connectivity index (χ1) is 8.72. The number of nitrogens with two attached hydrogens (primary N) is 1. The van der Waals surface area contributed by atoms with Gasteiger partial charge in [0, 0.05) is 12.1 Å². The molecule has 2 aliphatic carbocycles. The van der Waals surface area contributed by atoms with E-state index in [2.05, 4.69) is 15.6 Å². The van der Waals surface area contributed by atoms with Gasteiger partial charge in [0.25, 0.3) is 5.91 Å². The molecule has 0 aliphatic heterocycles. The maximum atomic E-state index is 12.0. The molecule has 1 amide bonds. The number of nitrogens with one attached hydrogen (secondary N) is 1. The highest BCUT2D eigenvalue weighted by Crippen LogP contribution is 2.33. The van der Waals surface area contributed by atoms with Crippen molar-refractivity contribution < 1.29 is 4.79 Å². The third-order valence-corrected chi connectivity index (χ3v) is 3.77. The average Bonchev–Trinajstić information content (AvgIpc) is 3.10. The summed E-state index contributed by atoms with van der Waals surface area (Å²) in [5.41, 5.74) is 6.27. The molecule has 0 spiro atoms. The molecule has 0 aromatic carbocycles. The highest BCUT2D eigenvalue weighted by Gasteiger charge is 2.27. The monoisotopic (exact) mass is 285 g/mol. The van der Waals surface area contributed by atoms with Crippen LogP contribution in [0.2, 0.25) is 0 Å². The van der Waals surface area contributed by atoms with Crippen molar-refractivity contribution in [2.45, 2.75) is 56.7 Å². The van der Waals surface area contributed by atoms with Gasteiger partial charge in [-0.2, -0.15) is 0 Å². The lowest BCUT2D eigenvalue weighted by Gasteiger charge is -2.26. The minimum atomic E-state index is -0.109. The molecule has 1 heterocycles. The van der Waals surface area contributed by atoms with Gasteiger partial charge in [0.2, 0.25) is 0 Å². The van der Waals surface area contributed by atoms with Crippen LogP contribution in [-0.2, 0) is 0 Å². The van der Waals surface area contributed by atoms with Crippen LogP contribution in [0.3, 0.4) is 0 Å². The summed E-state index contributed by atoms with van der Waals surface area (Å²) < 4.78 is 1.80. The maximum absolute atomic E-state index is 12.0. The zero-order chi connectivity index (χ0) is 12.5. The first kappa shape index (κ1) is 14.3. The van der Waals surface area contributed by atoms with Crippen LogP contribution in [0, 0.1) is 0 Å². The Hall–Kier alpha value is -1.14. The molecule has 0 unspecified atom stereocenters. The number of amides is 1. The maximum Gasteiger partial charge on any atom is 0.273 e. The van der Waals surface area contributed by atoms with Crippen molar-refractivity contribution in [1.82, 2.24) is 20.3 Å². The number of rotatable bonds is 3. The van der Waals surface area contributed by atoms with Crippen molar-refractivity contribution >= 4 is 18.3 Å². The summed E-state index contributed by atoms with van der Waals surface area (Å²) in [4.78, 5) is 12.0.